The Bertz CT molecular complexity index is 944. The standard InChI is InChI=1S/C21H24N6O/c1-27(17-9-15-3-4-16(10-17)24-15)21-7-6-19(25-26-21)18-5-2-13(8-20(18)28)14-11-22-23-12-14/h2,5-8,11-12,15-17,24,28H,3-4,9-10H2,1H3,(H,22,23)/t15-,16?,17+/m1/s1. The number of rotatable bonds is 4. The van der Waals surface area contributed by atoms with Crippen molar-refractivity contribution in [2.45, 2.75) is 43.8 Å². The van der Waals surface area contributed by atoms with Crippen LogP contribution in [0.1, 0.15) is 25.7 Å². The summed E-state index contributed by atoms with van der Waals surface area (Å²) in [5, 5.41) is 29.7. The zero-order valence-corrected chi connectivity index (χ0v) is 15.8. The zero-order chi connectivity index (χ0) is 19.1. The van der Waals surface area contributed by atoms with E-state index in [0.29, 0.717) is 29.4 Å². The van der Waals surface area contributed by atoms with Crippen LogP contribution in [0, 0.1) is 0 Å². The Hall–Kier alpha value is -2.93. The number of anilines is 1. The van der Waals surface area contributed by atoms with E-state index in [1.54, 1.807) is 18.5 Å². The van der Waals surface area contributed by atoms with E-state index < -0.39 is 0 Å². The van der Waals surface area contributed by atoms with Crippen LogP contribution in [0.15, 0.2) is 42.7 Å². The SMILES string of the molecule is CN(c1ccc(-c2ccc(-c3cn[nH]c3)cc2O)nn1)[C@@H]1CC2CC[C@H](C1)N2. The Morgan fingerprint density at radius 1 is 1.04 bits per heavy atom. The van der Waals surface area contributed by atoms with Crippen molar-refractivity contribution in [3.63, 3.8) is 0 Å². The van der Waals surface area contributed by atoms with Crippen LogP contribution in [-0.4, -0.2) is 50.7 Å². The molecule has 4 heterocycles. The van der Waals surface area contributed by atoms with Gasteiger partial charge in [-0.2, -0.15) is 5.10 Å². The molecule has 0 amide bonds. The third-order valence-corrected chi connectivity index (χ3v) is 6.11. The summed E-state index contributed by atoms with van der Waals surface area (Å²) in [4.78, 5) is 2.25. The summed E-state index contributed by atoms with van der Waals surface area (Å²) in [5.74, 6) is 1.06. The van der Waals surface area contributed by atoms with Gasteiger partial charge in [-0.1, -0.05) is 6.07 Å². The molecule has 0 radical (unpaired) electrons. The molecule has 28 heavy (non-hydrogen) atoms. The third kappa shape index (κ3) is 3.11. The molecular formula is C21H24N6O. The van der Waals surface area contributed by atoms with Gasteiger partial charge in [-0.25, -0.2) is 0 Å². The summed E-state index contributed by atoms with van der Waals surface area (Å²) in [6.07, 6.45) is 8.42. The molecule has 2 aromatic heterocycles. The van der Waals surface area contributed by atoms with Crippen LogP contribution < -0.4 is 10.2 Å². The number of aromatic nitrogens is 4. The molecule has 1 unspecified atom stereocenters. The first kappa shape index (κ1) is 17.2. The van der Waals surface area contributed by atoms with Gasteiger partial charge in [0.15, 0.2) is 5.82 Å². The monoisotopic (exact) mass is 376 g/mol. The molecule has 3 N–H and O–H groups in total. The van der Waals surface area contributed by atoms with Gasteiger partial charge in [-0.3, -0.25) is 5.10 Å². The van der Waals surface area contributed by atoms with Gasteiger partial charge in [0, 0.05) is 42.5 Å². The molecule has 7 nitrogen and oxygen atoms in total. The Morgan fingerprint density at radius 3 is 2.50 bits per heavy atom. The van der Waals surface area contributed by atoms with Crippen molar-refractivity contribution in [1.29, 1.82) is 0 Å². The molecule has 144 valence electrons. The number of fused-ring (bicyclic) bond motifs is 2. The van der Waals surface area contributed by atoms with Crippen molar-refractivity contribution in [2.75, 3.05) is 11.9 Å². The predicted octanol–water partition coefficient (Wildman–Crippen LogP) is 2.96. The van der Waals surface area contributed by atoms with E-state index in [0.717, 1.165) is 29.8 Å². The molecule has 2 saturated heterocycles. The van der Waals surface area contributed by atoms with Gasteiger partial charge in [0.1, 0.15) is 5.75 Å². The molecule has 0 saturated carbocycles. The van der Waals surface area contributed by atoms with Gasteiger partial charge in [0.05, 0.1) is 11.9 Å². The lowest BCUT2D eigenvalue weighted by Crippen LogP contribution is -2.47. The van der Waals surface area contributed by atoms with Crippen molar-refractivity contribution in [1.82, 2.24) is 25.7 Å². The maximum absolute atomic E-state index is 10.5. The Balaban J connectivity index is 1.35. The van der Waals surface area contributed by atoms with Crippen molar-refractivity contribution in [2.24, 2.45) is 0 Å². The van der Waals surface area contributed by atoms with Gasteiger partial charge < -0.3 is 15.3 Å². The van der Waals surface area contributed by atoms with Crippen LogP contribution in [0.25, 0.3) is 22.4 Å². The first-order valence-electron chi connectivity index (χ1n) is 9.82. The second-order valence-corrected chi connectivity index (χ2v) is 7.87. The van der Waals surface area contributed by atoms with E-state index in [2.05, 4.69) is 37.7 Å². The Morgan fingerprint density at radius 2 is 1.86 bits per heavy atom. The average molecular weight is 376 g/mol. The first-order chi connectivity index (χ1) is 13.7. The highest BCUT2D eigenvalue weighted by molar-refractivity contribution is 5.73. The molecule has 5 rings (SSSR count). The number of aromatic amines is 1. The van der Waals surface area contributed by atoms with Crippen LogP contribution in [0.3, 0.4) is 0 Å². The normalized spacial score (nSPS) is 23.7. The van der Waals surface area contributed by atoms with Crippen LogP contribution in [0.2, 0.25) is 0 Å². The number of phenols is 1. The molecule has 0 spiro atoms. The summed E-state index contributed by atoms with van der Waals surface area (Å²) < 4.78 is 0. The number of hydrogen-bond acceptors (Lipinski definition) is 6. The molecule has 7 heteroatoms. The van der Waals surface area contributed by atoms with Gasteiger partial charge in [-0.15, -0.1) is 10.2 Å². The Kier molecular flexibility index (Phi) is 4.24. The fourth-order valence-corrected chi connectivity index (χ4v) is 4.52. The summed E-state index contributed by atoms with van der Waals surface area (Å²) in [6.45, 7) is 0. The lowest BCUT2D eigenvalue weighted by Gasteiger charge is -2.36. The van der Waals surface area contributed by atoms with Gasteiger partial charge in [0.25, 0.3) is 0 Å². The molecule has 3 aromatic rings. The minimum Gasteiger partial charge on any atom is -0.507 e. The molecule has 2 fully saturated rings. The minimum absolute atomic E-state index is 0.184. The van der Waals surface area contributed by atoms with Crippen molar-refractivity contribution >= 4 is 5.82 Å². The minimum atomic E-state index is 0.184. The topological polar surface area (TPSA) is 90.0 Å². The molecule has 2 bridgehead atoms. The van der Waals surface area contributed by atoms with E-state index >= 15 is 0 Å². The van der Waals surface area contributed by atoms with Crippen LogP contribution in [-0.2, 0) is 0 Å². The highest BCUT2D eigenvalue weighted by atomic mass is 16.3. The lowest BCUT2D eigenvalue weighted by atomic mass is 9.98. The summed E-state index contributed by atoms with van der Waals surface area (Å²) in [5.41, 5.74) is 3.17. The second kappa shape index (κ2) is 6.91. The number of piperidine rings is 1. The lowest BCUT2D eigenvalue weighted by molar-refractivity contribution is 0.353. The van der Waals surface area contributed by atoms with Crippen LogP contribution in [0.4, 0.5) is 5.82 Å². The molecule has 0 aliphatic carbocycles. The number of nitrogens with zero attached hydrogens (tertiary/aromatic N) is 4. The van der Waals surface area contributed by atoms with E-state index in [1.165, 1.54) is 12.8 Å². The van der Waals surface area contributed by atoms with Gasteiger partial charge >= 0.3 is 0 Å². The summed E-state index contributed by atoms with van der Waals surface area (Å²) in [7, 11) is 2.11. The molecule has 3 atom stereocenters. The van der Waals surface area contributed by atoms with Crippen LogP contribution in [0.5, 0.6) is 5.75 Å². The van der Waals surface area contributed by atoms with E-state index in [9.17, 15) is 5.11 Å². The zero-order valence-electron chi connectivity index (χ0n) is 15.8. The number of aromatic hydroxyl groups is 1. The summed E-state index contributed by atoms with van der Waals surface area (Å²) >= 11 is 0. The highest BCUT2D eigenvalue weighted by Crippen LogP contribution is 2.33. The molecule has 1 aromatic carbocycles. The maximum Gasteiger partial charge on any atom is 0.151 e. The predicted molar refractivity (Wildman–Crippen MR) is 108 cm³/mol. The fourth-order valence-electron chi connectivity index (χ4n) is 4.52. The molecule has 2 aliphatic rings. The van der Waals surface area contributed by atoms with Crippen molar-refractivity contribution in [3.8, 4) is 28.1 Å². The van der Waals surface area contributed by atoms with E-state index in [-0.39, 0.29) is 5.75 Å². The van der Waals surface area contributed by atoms with Crippen molar-refractivity contribution < 1.29 is 5.11 Å². The van der Waals surface area contributed by atoms with E-state index in [4.69, 9.17) is 0 Å². The quantitative estimate of drug-likeness (QED) is 0.649. The number of hydrogen-bond donors (Lipinski definition) is 3. The van der Waals surface area contributed by atoms with Gasteiger partial charge in [0.2, 0.25) is 0 Å². The fraction of sp³-hybridized carbons (Fsp3) is 0.381. The molecule has 2 aliphatic heterocycles. The van der Waals surface area contributed by atoms with Crippen LogP contribution >= 0.6 is 0 Å². The Labute approximate surface area is 163 Å². The number of H-pyrrole nitrogens is 1. The number of benzene rings is 1. The average Bonchev–Trinajstić information content (AvgIpc) is 3.37. The van der Waals surface area contributed by atoms with Gasteiger partial charge in [-0.05, 0) is 55.5 Å². The smallest absolute Gasteiger partial charge is 0.151 e. The number of phenolic OH excluding ortho intramolecular Hbond substituents is 1. The maximum atomic E-state index is 10.5. The highest BCUT2D eigenvalue weighted by Gasteiger charge is 2.35. The first-order valence-corrected chi connectivity index (χ1v) is 9.82. The number of nitrogens with one attached hydrogen (secondary N) is 2. The molecular weight excluding hydrogens is 352 g/mol. The van der Waals surface area contributed by atoms with E-state index in [1.807, 2.05) is 24.3 Å². The third-order valence-electron chi connectivity index (χ3n) is 6.11. The second-order valence-electron chi connectivity index (χ2n) is 7.87. The van der Waals surface area contributed by atoms with Crippen molar-refractivity contribution in [3.05, 3.63) is 42.7 Å². The largest absolute Gasteiger partial charge is 0.507 e. The summed E-state index contributed by atoms with van der Waals surface area (Å²) in [6, 6.07) is 11.3.